The van der Waals surface area contributed by atoms with Crippen molar-refractivity contribution < 1.29 is 0 Å². The standard InChI is InChI=1S/C21H36/c1-4-6-8-10-12-13-15-20-18-17-19(3)21(20)16-14-11-9-7-5-2/h11,13-15,20-21H,3-10,12,16-18H2,1-2H3/b14-11-,15-13+/t20?,21-/m0/s1. The summed E-state index contributed by atoms with van der Waals surface area (Å²) in [6.45, 7) is 8.84. The molecule has 2 atom stereocenters. The van der Waals surface area contributed by atoms with Gasteiger partial charge in [-0.1, -0.05) is 82.4 Å². The Hall–Kier alpha value is -0.780. The summed E-state index contributed by atoms with van der Waals surface area (Å²) in [4.78, 5) is 0. The Morgan fingerprint density at radius 1 is 0.952 bits per heavy atom. The number of allylic oxidation sites excluding steroid dienone is 5. The molecule has 0 N–H and O–H groups in total. The summed E-state index contributed by atoms with van der Waals surface area (Å²) in [5, 5.41) is 0. The van der Waals surface area contributed by atoms with Gasteiger partial charge in [0.25, 0.3) is 0 Å². The van der Waals surface area contributed by atoms with E-state index in [2.05, 4.69) is 44.7 Å². The van der Waals surface area contributed by atoms with Crippen LogP contribution in [0.2, 0.25) is 0 Å². The summed E-state index contributed by atoms with van der Waals surface area (Å²) >= 11 is 0. The van der Waals surface area contributed by atoms with Crippen molar-refractivity contribution in [3.63, 3.8) is 0 Å². The lowest BCUT2D eigenvalue weighted by Crippen LogP contribution is -2.05. The zero-order valence-electron chi connectivity index (χ0n) is 14.4. The third kappa shape index (κ3) is 7.69. The van der Waals surface area contributed by atoms with E-state index in [1.165, 1.54) is 76.2 Å². The van der Waals surface area contributed by atoms with Crippen molar-refractivity contribution in [1.82, 2.24) is 0 Å². The number of hydrogen-bond donors (Lipinski definition) is 0. The number of hydrogen-bond acceptors (Lipinski definition) is 0. The Morgan fingerprint density at radius 3 is 2.48 bits per heavy atom. The number of rotatable bonds is 11. The molecule has 1 rings (SSSR count). The molecule has 0 aliphatic heterocycles. The van der Waals surface area contributed by atoms with Gasteiger partial charge in [-0.2, -0.15) is 0 Å². The first kappa shape index (κ1) is 18.3. The average molecular weight is 289 g/mol. The fourth-order valence-corrected chi connectivity index (χ4v) is 3.26. The van der Waals surface area contributed by atoms with Crippen LogP contribution in [0.4, 0.5) is 0 Å². The van der Waals surface area contributed by atoms with Gasteiger partial charge in [-0.3, -0.25) is 0 Å². The average Bonchev–Trinajstić information content (AvgIpc) is 2.83. The Balaban J connectivity index is 2.29. The quantitative estimate of drug-likeness (QED) is 0.278. The van der Waals surface area contributed by atoms with E-state index in [1.54, 1.807) is 0 Å². The van der Waals surface area contributed by atoms with E-state index < -0.39 is 0 Å². The van der Waals surface area contributed by atoms with Crippen molar-refractivity contribution >= 4 is 0 Å². The molecule has 0 nitrogen and oxygen atoms in total. The lowest BCUT2D eigenvalue weighted by Gasteiger charge is -2.15. The fraction of sp³-hybridized carbons (Fsp3) is 0.714. The van der Waals surface area contributed by atoms with Crippen molar-refractivity contribution in [2.24, 2.45) is 11.8 Å². The maximum absolute atomic E-state index is 4.30. The number of unbranched alkanes of at least 4 members (excludes halogenated alkanes) is 6. The molecule has 0 saturated heterocycles. The predicted molar refractivity (Wildman–Crippen MR) is 96.5 cm³/mol. The predicted octanol–water partition coefficient (Wildman–Crippen LogP) is 7.23. The Labute approximate surface area is 133 Å². The molecule has 0 spiro atoms. The molecule has 0 heteroatoms. The van der Waals surface area contributed by atoms with Gasteiger partial charge >= 0.3 is 0 Å². The van der Waals surface area contributed by atoms with Crippen LogP contribution in [0.1, 0.15) is 84.5 Å². The van der Waals surface area contributed by atoms with Gasteiger partial charge in [-0.15, -0.1) is 0 Å². The molecule has 0 amide bonds. The highest BCUT2D eigenvalue weighted by Gasteiger charge is 2.26. The van der Waals surface area contributed by atoms with Gasteiger partial charge in [0.05, 0.1) is 0 Å². The van der Waals surface area contributed by atoms with Crippen LogP contribution < -0.4 is 0 Å². The molecule has 1 unspecified atom stereocenters. The molecule has 0 aromatic rings. The lowest BCUT2D eigenvalue weighted by atomic mass is 9.90. The Morgan fingerprint density at radius 2 is 1.71 bits per heavy atom. The summed E-state index contributed by atoms with van der Waals surface area (Å²) < 4.78 is 0. The van der Waals surface area contributed by atoms with Crippen LogP contribution in [0.3, 0.4) is 0 Å². The van der Waals surface area contributed by atoms with Gasteiger partial charge < -0.3 is 0 Å². The van der Waals surface area contributed by atoms with Crippen LogP contribution in [-0.2, 0) is 0 Å². The molecule has 0 heterocycles. The monoisotopic (exact) mass is 288 g/mol. The van der Waals surface area contributed by atoms with Gasteiger partial charge in [0.2, 0.25) is 0 Å². The second kappa shape index (κ2) is 11.8. The molecule has 1 aliphatic rings. The fourth-order valence-electron chi connectivity index (χ4n) is 3.26. The van der Waals surface area contributed by atoms with Crippen LogP contribution in [0.5, 0.6) is 0 Å². The molecule has 0 bridgehead atoms. The minimum atomic E-state index is 0.703. The highest BCUT2D eigenvalue weighted by Crippen LogP contribution is 2.39. The molecule has 120 valence electrons. The molecule has 1 fully saturated rings. The van der Waals surface area contributed by atoms with E-state index >= 15 is 0 Å². The molecule has 1 aliphatic carbocycles. The van der Waals surface area contributed by atoms with E-state index in [0.29, 0.717) is 5.92 Å². The SMILES string of the molecule is C=C1CCC(/C=C/CCCCCC)[C@H]1C/C=C\CCCC. The minimum absolute atomic E-state index is 0.703. The topological polar surface area (TPSA) is 0 Å². The second-order valence-electron chi connectivity index (χ2n) is 6.59. The van der Waals surface area contributed by atoms with E-state index in [0.717, 1.165) is 5.92 Å². The van der Waals surface area contributed by atoms with Crippen LogP contribution in [0.25, 0.3) is 0 Å². The third-order valence-corrected chi connectivity index (χ3v) is 4.73. The van der Waals surface area contributed by atoms with Gasteiger partial charge in [-0.05, 0) is 50.4 Å². The van der Waals surface area contributed by atoms with Crippen LogP contribution in [0.15, 0.2) is 36.5 Å². The van der Waals surface area contributed by atoms with Gasteiger partial charge in [0, 0.05) is 0 Å². The van der Waals surface area contributed by atoms with Crippen molar-refractivity contribution in [3.8, 4) is 0 Å². The van der Waals surface area contributed by atoms with E-state index in [9.17, 15) is 0 Å². The maximum Gasteiger partial charge on any atom is -0.0108 e. The van der Waals surface area contributed by atoms with E-state index in [-0.39, 0.29) is 0 Å². The molecular weight excluding hydrogens is 252 g/mol. The van der Waals surface area contributed by atoms with Gasteiger partial charge in [0.1, 0.15) is 0 Å². The van der Waals surface area contributed by atoms with Crippen LogP contribution >= 0.6 is 0 Å². The molecule has 0 aromatic carbocycles. The highest BCUT2D eigenvalue weighted by atomic mass is 14.3. The van der Waals surface area contributed by atoms with E-state index in [1.807, 2.05) is 0 Å². The van der Waals surface area contributed by atoms with Crippen LogP contribution in [-0.4, -0.2) is 0 Å². The minimum Gasteiger partial charge on any atom is -0.0995 e. The van der Waals surface area contributed by atoms with Crippen LogP contribution in [0, 0.1) is 11.8 Å². The normalized spacial score (nSPS) is 22.9. The summed E-state index contributed by atoms with van der Waals surface area (Å²) in [5.41, 5.74) is 1.48. The largest absolute Gasteiger partial charge is 0.0995 e. The maximum atomic E-state index is 4.30. The lowest BCUT2D eigenvalue weighted by molar-refractivity contribution is 0.511. The third-order valence-electron chi connectivity index (χ3n) is 4.73. The summed E-state index contributed by atoms with van der Waals surface area (Å²) in [7, 11) is 0. The summed E-state index contributed by atoms with van der Waals surface area (Å²) in [6, 6.07) is 0. The van der Waals surface area contributed by atoms with Crippen molar-refractivity contribution in [2.45, 2.75) is 84.5 Å². The van der Waals surface area contributed by atoms with Gasteiger partial charge in [-0.25, -0.2) is 0 Å². The van der Waals surface area contributed by atoms with Crippen molar-refractivity contribution in [3.05, 3.63) is 36.5 Å². The molecule has 0 radical (unpaired) electrons. The summed E-state index contributed by atoms with van der Waals surface area (Å²) in [6.07, 6.45) is 24.1. The molecular formula is C21H36. The zero-order valence-corrected chi connectivity index (χ0v) is 14.4. The second-order valence-corrected chi connectivity index (χ2v) is 6.59. The zero-order chi connectivity index (χ0) is 15.3. The van der Waals surface area contributed by atoms with Gasteiger partial charge in [0.15, 0.2) is 0 Å². The first-order chi connectivity index (χ1) is 10.3. The summed E-state index contributed by atoms with van der Waals surface area (Å²) in [5.74, 6) is 1.45. The Kier molecular flexibility index (Phi) is 10.3. The van der Waals surface area contributed by atoms with Crippen molar-refractivity contribution in [1.29, 1.82) is 0 Å². The molecule has 0 aromatic heterocycles. The first-order valence-corrected chi connectivity index (χ1v) is 9.28. The first-order valence-electron chi connectivity index (χ1n) is 9.28. The van der Waals surface area contributed by atoms with E-state index in [4.69, 9.17) is 0 Å². The molecule has 1 saturated carbocycles. The smallest absolute Gasteiger partial charge is 0.0108 e. The van der Waals surface area contributed by atoms with Crippen molar-refractivity contribution in [2.75, 3.05) is 0 Å². The Bertz CT molecular complexity index is 321. The highest BCUT2D eigenvalue weighted by molar-refractivity contribution is 5.15. The molecule has 21 heavy (non-hydrogen) atoms.